The van der Waals surface area contributed by atoms with Gasteiger partial charge in [-0.15, -0.1) is 23.2 Å². The summed E-state index contributed by atoms with van der Waals surface area (Å²) in [6.07, 6.45) is -4.30. The van der Waals surface area contributed by atoms with Crippen LogP contribution in [0.5, 0.6) is 0 Å². The topological polar surface area (TPSA) is 9.23 Å². The molecular formula is C9H15Cl2F3O. The van der Waals surface area contributed by atoms with E-state index in [1.54, 1.807) is 0 Å². The van der Waals surface area contributed by atoms with Crippen LogP contribution in [0, 0.1) is 11.3 Å². The van der Waals surface area contributed by atoms with Gasteiger partial charge in [-0.05, 0) is 5.92 Å². The molecule has 92 valence electrons. The molecule has 0 unspecified atom stereocenters. The van der Waals surface area contributed by atoms with Crippen molar-refractivity contribution in [1.82, 2.24) is 0 Å². The van der Waals surface area contributed by atoms with Crippen molar-refractivity contribution in [3.8, 4) is 0 Å². The fraction of sp³-hybridized carbons (Fsp3) is 1.00. The van der Waals surface area contributed by atoms with E-state index in [0.717, 1.165) is 0 Å². The monoisotopic (exact) mass is 266 g/mol. The zero-order valence-electron chi connectivity index (χ0n) is 8.70. The molecule has 0 saturated carbocycles. The summed E-state index contributed by atoms with van der Waals surface area (Å²) in [5.74, 6) is 0.443. The van der Waals surface area contributed by atoms with Crippen LogP contribution >= 0.6 is 23.2 Å². The van der Waals surface area contributed by atoms with E-state index >= 15 is 0 Å². The Morgan fingerprint density at radius 3 is 1.80 bits per heavy atom. The molecule has 0 aromatic carbocycles. The van der Waals surface area contributed by atoms with E-state index in [-0.39, 0.29) is 24.3 Å². The summed E-state index contributed by atoms with van der Waals surface area (Å²) in [5.41, 5.74) is -0.589. The second-order valence-corrected chi connectivity index (χ2v) is 4.43. The fourth-order valence-corrected chi connectivity index (χ4v) is 2.02. The molecule has 1 nitrogen and oxygen atoms in total. The van der Waals surface area contributed by atoms with Crippen molar-refractivity contribution in [2.45, 2.75) is 20.0 Å². The van der Waals surface area contributed by atoms with Crippen LogP contribution in [0.1, 0.15) is 13.8 Å². The van der Waals surface area contributed by atoms with Crippen LogP contribution in [0.3, 0.4) is 0 Å². The van der Waals surface area contributed by atoms with Crippen LogP contribution in [0.25, 0.3) is 0 Å². The lowest BCUT2D eigenvalue weighted by molar-refractivity contribution is -0.180. The summed E-state index contributed by atoms with van der Waals surface area (Å²) < 4.78 is 40.2. The predicted molar refractivity (Wildman–Crippen MR) is 55.6 cm³/mol. The number of halogens is 5. The highest BCUT2D eigenvalue weighted by Crippen LogP contribution is 2.31. The van der Waals surface area contributed by atoms with Gasteiger partial charge in [-0.2, -0.15) is 13.2 Å². The minimum Gasteiger partial charge on any atom is -0.371 e. The summed E-state index contributed by atoms with van der Waals surface area (Å²) in [4.78, 5) is 0. The first kappa shape index (κ1) is 15.3. The third kappa shape index (κ3) is 5.27. The van der Waals surface area contributed by atoms with Crippen LogP contribution in [-0.4, -0.2) is 31.2 Å². The Kier molecular flexibility index (Phi) is 6.30. The molecule has 0 aliphatic carbocycles. The highest BCUT2D eigenvalue weighted by molar-refractivity contribution is 6.21. The standard InChI is InChI=1S/C9H15Cl2F3O/c1-7(2)8(3-10,4-11)5-15-6-9(12,13)14/h7H,3-6H2,1-2H3. The highest BCUT2D eigenvalue weighted by atomic mass is 35.5. The van der Waals surface area contributed by atoms with Gasteiger partial charge < -0.3 is 4.74 Å². The van der Waals surface area contributed by atoms with Crippen molar-refractivity contribution in [2.24, 2.45) is 11.3 Å². The number of ether oxygens (including phenoxy) is 1. The predicted octanol–water partition coefficient (Wildman–Crippen LogP) is 3.69. The van der Waals surface area contributed by atoms with Gasteiger partial charge in [0.25, 0.3) is 0 Å². The van der Waals surface area contributed by atoms with Crippen LogP contribution in [0.15, 0.2) is 0 Å². The summed E-state index contributed by atoms with van der Waals surface area (Å²) >= 11 is 11.4. The molecule has 0 rings (SSSR count). The number of alkyl halides is 5. The molecule has 0 bridgehead atoms. The number of hydrogen-bond acceptors (Lipinski definition) is 1. The van der Waals surface area contributed by atoms with Gasteiger partial charge in [0.05, 0.1) is 6.61 Å². The largest absolute Gasteiger partial charge is 0.411 e. The van der Waals surface area contributed by atoms with Gasteiger partial charge >= 0.3 is 6.18 Å². The Labute approximate surface area is 97.9 Å². The molecular weight excluding hydrogens is 252 g/mol. The average Bonchev–Trinajstić information content (AvgIpc) is 2.10. The summed E-state index contributed by atoms with van der Waals surface area (Å²) in [5, 5.41) is 0. The second-order valence-electron chi connectivity index (χ2n) is 3.89. The molecule has 0 aromatic heterocycles. The Bertz CT molecular complexity index is 179. The zero-order chi connectivity index (χ0) is 12.1. The van der Waals surface area contributed by atoms with Crippen molar-refractivity contribution in [3.05, 3.63) is 0 Å². The van der Waals surface area contributed by atoms with Gasteiger partial charge in [0.2, 0.25) is 0 Å². The van der Waals surface area contributed by atoms with Gasteiger partial charge in [0.1, 0.15) is 6.61 Å². The molecule has 0 aliphatic heterocycles. The molecule has 0 spiro atoms. The maximum atomic E-state index is 11.8. The quantitative estimate of drug-likeness (QED) is 0.667. The van der Waals surface area contributed by atoms with Gasteiger partial charge in [-0.3, -0.25) is 0 Å². The Morgan fingerprint density at radius 2 is 1.53 bits per heavy atom. The third-order valence-electron chi connectivity index (χ3n) is 2.41. The van der Waals surface area contributed by atoms with Crippen molar-refractivity contribution in [3.63, 3.8) is 0 Å². The van der Waals surface area contributed by atoms with Crippen LogP contribution in [-0.2, 0) is 4.74 Å². The molecule has 0 amide bonds. The van der Waals surface area contributed by atoms with E-state index < -0.39 is 18.2 Å². The SMILES string of the molecule is CC(C)C(CCl)(CCl)COCC(F)(F)F. The summed E-state index contributed by atoms with van der Waals surface area (Å²) in [7, 11) is 0. The van der Waals surface area contributed by atoms with E-state index in [1.165, 1.54) is 0 Å². The van der Waals surface area contributed by atoms with Crippen molar-refractivity contribution in [1.29, 1.82) is 0 Å². The molecule has 6 heteroatoms. The Morgan fingerprint density at radius 1 is 1.07 bits per heavy atom. The second kappa shape index (κ2) is 6.16. The maximum absolute atomic E-state index is 11.8. The fourth-order valence-electron chi connectivity index (χ4n) is 0.958. The van der Waals surface area contributed by atoms with Gasteiger partial charge in [0, 0.05) is 17.2 Å². The molecule has 0 aliphatic rings. The minimum absolute atomic E-state index is 0.0701. The molecule has 0 fully saturated rings. The molecule has 15 heavy (non-hydrogen) atoms. The Hall–Kier alpha value is 0.330. The molecule has 0 atom stereocenters. The van der Waals surface area contributed by atoms with Gasteiger partial charge in [-0.1, -0.05) is 13.8 Å². The van der Waals surface area contributed by atoms with Gasteiger partial charge in [0.15, 0.2) is 0 Å². The molecule has 0 saturated heterocycles. The summed E-state index contributed by atoms with van der Waals surface area (Å²) in [6.45, 7) is 2.40. The first-order valence-corrected chi connectivity index (χ1v) is 5.61. The van der Waals surface area contributed by atoms with E-state index in [4.69, 9.17) is 23.2 Å². The first-order chi connectivity index (χ1) is 6.77. The summed E-state index contributed by atoms with van der Waals surface area (Å²) in [6, 6.07) is 0. The van der Waals surface area contributed by atoms with Crippen molar-refractivity contribution in [2.75, 3.05) is 25.0 Å². The Balaban J connectivity index is 4.19. The first-order valence-electron chi connectivity index (χ1n) is 4.54. The van der Waals surface area contributed by atoms with E-state index in [2.05, 4.69) is 4.74 Å². The number of rotatable bonds is 6. The van der Waals surface area contributed by atoms with Crippen LogP contribution in [0.4, 0.5) is 13.2 Å². The lowest BCUT2D eigenvalue weighted by Crippen LogP contribution is -2.37. The van der Waals surface area contributed by atoms with Crippen molar-refractivity contribution < 1.29 is 17.9 Å². The van der Waals surface area contributed by atoms with Gasteiger partial charge in [-0.25, -0.2) is 0 Å². The lowest BCUT2D eigenvalue weighted by Gasteiger charge is -2.33. The molecule has 0 radical (unpaired) electrons. The smallest absolute Gasteiger partial charge is 0.371 e. The van der Waals surface area contributed by atoms with Crippen LogP contribution in [0.2, 0.25) is 0 Å². The van der Waals surface area contributed by atoms with Crippen molar-refractivity contribution >= 4 is 23.2 Å². The molecule has 0 heterocycles. The lowest BCUT2D eigenvalue weighted by atomic mass is 9.81. The highest BCUT2D eigenvalue weighted by Gasteiger charge is 2.35. The van der Waals surface area contributed by atoms with Crippen LogP contribution < -0.4 is 0 Å². The van der Waals surface area contributed by atoms with E-state index in [0.29, 0.717) is 0 Å². The van der Waals surface area contributed by atoms with E-state index in [1.807, 2.05) is 13.8 Å². The zero-order valence-corrected chi connectivity index (χ0v) is 10.2. The molecule has 0 N–H and O–H groups in total. The van der Waals surface area contributed by atoms with E-state index in [9.17, 15) is 13.2 Å². The normalized spacial score (nSPS) is 13.6. The average molecular weight is 267 g/mol. The maximum Gasteiger partial charge on any atom is 0.411 e. The molecule has 0 aromatic rings. The number of hydrogen-bond donors (Lipinski definition) is 0. The third-order valence-corrected chi connectivity index (χ3v) is 3.48. The minimum atomic E-state index is -4.30.